The van der Waals surface area contributed by atoms with Gasteiger partial charge in [0.15, 0.2) is 0 Å². The van der Waals surface area contributed by atoms with Crippen molar-refractivity contribution in [2.24, 2.45) is 0 Å². The van der Waals surface area contributed by atoms with Crippen molar-refractivity contribution in [3.8, 4) is 0 Å². The molecule has 1 fully saturated rings. The lowest BCUT2D eigenvalue weighted by Crippen LogP contribution is -2.51. The van der Waals surface area contributed by atoms with Gasteiger partial charge in [0.05, 0.1) is 0 Å². The Labute approximate surface area is 111 Å². The maximum atomic E-state index is 12.1. The van der Waals surface area contributed by atoms with Crippen molar-refractivity contribution in [3.05, 3.63) is 5.01 Å². The Morgan fingerprint density at radius 2 is 2.06 bits per heavy atom. The van der Waals surface area contributed by atoms with Crippen molar-refractivity contribution in [1.29, 1.82) is 0 Å². The normalized spacial score (nSPS) is 18.9. The number of hydrogen-bond acceptors (Lipinski definition) is 6. The zero-order chi connectivity index (χ0) is 13.1. The van der Waals surface area contributed by atoms with E-state index in [-0.39, 0.29) is 5.91 Å². The third-order valence-electron chi connectivity index (χ3n) is 3.44. The van der Waals surface area contributed by atoms with Gasteiger partial charge in [0.1, 0.15) is 0 Å². The highest BCUT2D eigenvalue weighted by molar-refractivity contribution is 7.16. The Bertz CT molecular complexity index is 413. The first-order valence-corrected chi connectivity index (χ1v) is 7.05. The van der Waals surface area contributed by atoms with Crippen LogP contribution in [-0.4, -0.2) is 58.1 Å². The highest BCUT2D eigenvalue weighted by Gasteiger charge is 2.25. The van der Waals surface area contributed by atoms with E-state index in [9.17, 15) is 4.79 Å². The molecule has 7 heteroatoms. The zero-order valence-corrected chi connectivity index (χ0v) is 11.6. The van der Waals surface area contributed by atoms with E-state index in [1.165, 1.54) is 0 Å². The minimum atomic E-state index is -0.0481. The monoisotopic (exact) mass is 269 g/mol. The molecular formula is C11H19N5OS. The molecule has 0 aliphatic carbocycles. The average Bonchev–Trinajstić information content (AvgIpc) is 2.84. The summed E-state index contributed by atoms with van der Waals surface area (Å²) in [5.41, 5.74) is 5.49. The fourth-order valence-electron chi connectivity index (χ4n) is 2.08. The van der Waals surface area contributed by atoms with Crippen molar-refractivity contribution in [2.75, 3.05) is 31.9 Å². The van der Waals surface area contributed by atoms with Crippen LogP contribution in [0, 0.1) is 0 Å². The minimum Gasteiger partial charge on any atom is -0.374 e. The Morgan fingerprint density at radius 1 is 1.39 bits per heavy atom. The molecule has 0 saturated carbocycles. The van der Waals surface area contributed by atoms with E-state index in [0.29, 0.717) is 16.2 Å². The fraction of sp³-hybridized carbons (Fsp3) is 0.727. The highest BCUT2D eigenvalue weighted by atomic mass is 32.1. The number of nitrogens with zero attached hydrogens (tertiary/aromatic N) is 4. The summed E-state index contributed by atoms with van der Waals surface area (Å²) in [5, 5.41) is 8.21. The molecule has 0 spiro atoms. The summed E-state index contributed by atoms with van der Waals surface area (Å²) in [5.74, 6) is -0.0481. The van der Waals surface area contributed by atoms with Crippen LogP contribution >= 0.6 is 11.3 Å². The number of piperazine rings is 1. The predicted octanol–water partition coefficient (Wildman–Crippen LogP) is 0.677. The largest absolute Gasteiger partial charge is 0.374 e. The Hall–Kier alpha value is -1.21. The number of rotatable bonds is 3. The summed E-state index contributed by atoms with van der Waals surface area (Å²) < 4.78 is 0. The van der Waals surface area contributed by atoms with Gasteiger partial charge in [-0.15, -0.1) is 10.2 Å². The average molecular weight is 269 g/mol. The molecule has 1 aliphatic rings. The lowest BCUT2D eigenvalue weighted by molar-refractivity contribution is 0.0578. The number of aromatic nitrogens is 2. The van der Waals surface area contributed by atoms with Crippen LogP contribution in [0.15, 0.2) is 0 Å². The topological polar surface area (TPSA) is 75.3 Å². The number of carbonyl (C=O) groups excluding carboxylic acids is 1. The molecule has 6 nitrogen and oxygen atoms in total. The minimum absolute atomic E-state index is 0.0481. The first-order valence-electron chi connectivity index (χ1n) is 6.24. The van der Waals surface area contributed by atoms with Crippen LogP contribution in [-0.2, 0) is 0 Å². The molecule has 2 N–H and O–H groups in total. The molecule has 18 heavy (non-hydrogen) atoms. The van der Waals surface area contributed by atoms with E-state index in [1.807, 2.05) is 4.90 Å². The standard InChI is InChI=1S/C11H19N5OS/c1-3-8(2)15-4-6-16(7-5-15)10(17)9-13-14-11(12)18-9/h8H,3-7H2,1-2H3,(H2,12,14). The molecule has 1 unspecified atom stereocenters. The third-order valence-corrected chi connectivity index (χ3v) is 4.18. The molecule has 1 aromatic heterocycles. The first kappa shape index (κ1) is 13.2. The Kier molecular flexibility index (Phi) is 4.13. The lowest BCUT2D eigenvalue weighted by Gasteiger charge is -2.37. The first-order chi connectivity index (χ1) is 8.61. The van der Waals surface area contributed by atoms with E-state index in [1.54, 1.807) is 0 Å². The van der Waals surface area contributed by atoms with Crippen molar-refractivity contribution < 1.29 is 4.79 Å². The van der Waals surface area contributed by atoms with Gasteiger partial charge >= 0.3 is 0 Å². The molecule has 0 bridgehead atoms. The second kappa shape index (κ2) is 5.62. The summed E-state index contributed by atoms with van der Waals surface area (Å²) in [6, 6.07) is 0.583. The van der Waals surface area contributed by atoms with Gasteiger partial charge in [0.25, 0.3) is 5.91 Å². The van der Waals surface area contributed by atoms with Gasteiger partial charge in [0, 0.05) is 32.2 Å². The summed E-state index contributed by atoms with van der Waals surface area (Å²) >= 11 is 1.15. The van der Waals surface area contributed by atoms with Crippen molar-refractivity contribution in [1.82, 2.24) is 20.0 Å². The van der Waals surface area contributed by atoms with Crippen LogP contribution in [0.1, 0.15) is 30.1 Å². The van der Waals surface area contributed by atoms with Gasteiger partial charge < -0.3 is 10.6 Å². The molecule has 1 saturated heterocycles. The molecule has 100 valence electrons. The second-order valence-corrected chi connectivity index (χ2v) is 5.54. The van der Waals surface area contributed by atoms with Crippen LogP contribution in [0.2, 0.25) is 0 Å². The Balaban J connectivity index is 1.92. The van der Waals surface area contributed by atoms with Gasteiger partial charge in [-0.05, 0) is 13.3 Å². The van der Waals surface area contributed by atoms with E-state index in [4.69, 9.17) is 5.73 Å². The smallest absolute Gasteiger partial charge is 0.284 e. The quantitative estimate of drug-likeness (QED) is 0.873. The molecule has 1 aromatic rings. The summed E-state index contributed by atoms with van der Waals surface area (Å²) in [6.07, 6.45) is 1.14. The number of nitrogen functional groups attached to an aromatic ring is 1. The lowest BCUT2D eigenvalue weighted by atomic mass is 10.2. The molecule has 1 aliphatic heterocycles. The van der Waals surface area contributed by atoms with Crippen molar-refractivity contribution >= 4 is 22.4 Å². The summed E-state index contributed by atoms with van der Waals surface area (Å²) in [4.78, 5) is 16.4. The van der Waals surface area contributed by atoms with Crippen molar-refractivity contribution in [2.45, 2.75) is 26.3 Å². The predicted molar refractivity (Wildman–Crippen MR) is 71.6 cm³/mol. The molecule has 0 radical (unpaired) electrons. The SMILES string of the molecule is CCC(C)N1CCN(C(=O)c2nnc(N)s2)CC1. The molecule has 2 rings (SSSR count). The van der Waals surface area contributed by atoms with Gasteiger partial charge in [0.2, 0.25) is 10.1 Å². The maximum Gasteiger partial charge on any atom is 0.284 e. The molecule has 0 aromatic carbocycles. The van der Waals surface area contributed by atoms with Crippen LogP contribution in [0.5, 0.6) is 0 Å². The molecule has 2 heterocycles. The zero-order valence-electron chi connectivity index (χ0n) is 10.8. The fourth-order valence-corrected chi connectivity index (χ4v) is 2.66. The van der Waals surface area contributed by atoms with E-state index in [2.05, 4.69) is 28.9 Å². The van der Waals surface area contributed by atoms with Crippen LogP contribution in [0.3, 0.4) is 0 Å². The summed E-state index contributed by atoms with van der Waals surface area (Å²) in [6.45, 7) is 7.77. The molecule has 1 amide bonds. The van der Waals surface area contributed by atoms with E-state index < -0.39 is 0 Å². The highest BCUT2D eigenvalue weighted by Crippen LogP contribution is 2.16. The van der Waals surface area contributed by atoms with Crippen LogP contribution in [0.25, 0.3) is 0 Å². The number of anilines is 1. The molecular weight excluding hydrogens is 250 g/mol. The molecule has 1 atom stereocenters. The Morgan fingerprint density at radius 3 is 2.56 bits per heavy atom. The maximum absolute atomic E-state index is 12.1. The second-order valence-electron chi connectivity index (χ2n) is 4.53. The van der Waals surface area contributed by atoms with Gasteiger partial charge in [-0.25, -0.2) is 0 Å². The third kappa shape index (κ3) is 2.78. The van der Waals surface area contributed by atoms with Gasteiger partial charge in [-0.2, -0.15) is 0 Å². The number of nitrogens with two attached hydrogens (primary N) is 1. The number of carbonyl (C=O) groups is 1. The van der Waals surface area contributed by atoms with Gasteiger partial charge in [-0.3, -0.25) is 9.69 Å². The number of hydrogen-bond donors (Lipinski definition) is 1. The van der Waals surface area contributed by atoms with Crippen LogP contribution in [0.4, 0.5) is 5.13 Å². The number of amides is 1. The van der Waals surface area contributed by atoms with E-state index in [0.717, 1.165) is 43.9 Å². The van der Waals surface area contributed by atoms with Crippen molar-refractivity contribution in [3.63, 3.8) is 0 Å². The van der Waals surface area contributed by atoms with Gasteiger partial charge in [-0.1, -0.05) is 18.3 Å². The summed E-state index contributed by atoms with van der Waals surface area (Å²) in [7, 11) is 0. The van der Waals surface area contributed by atoms with Crippen LogP contribution < -0.4 is 5.73 Å². The van der Waals surface area contributed by atoms with E-state index >= 15 is 0 Å².